The Morgan fingerprint density at radius 3 is 2.82 bits per heavy atom. The molecule has 2 rings (SSSR count). The molecule has 0 aliphatic carbocycles. The maximum atomic E-state index is 6.21. The van der Waals surface area contributed by atoms with Crippen molar-refractivity contribution >= 4 is 11.6 Å². The zero-order chi connectivity index (χ0) is 12.4. The quantitative estimate of drug-likeness (QED) is 0.882. The number of aromatic nitrogens is 5. The van der Waals surface area contributed by atoms with Crippen molar-refractivity contribution in [3.8, 4) is 0 Å². The Labute approximate surface area is 104 Å². The van der Waals surface area contributed by atoms with Crippen LogP contribution in [0.4, 0.5) is 0 Å². The molecule has 0 unspecified atom stereocenters. The molecule has 0 fully saturated rings. The van der Waals surface area contributed by atoms with Crippen molar-refractivity contribution in [1.29, 1.82) is 0 Å². The van der Waals surface area contributed by atoms with Crippen LogP contribution in [-0.2, 0) is 19.6 Å². The third-order valence-corrected chi connectivity index (χ3v) is 3.05. The molecule has 0 aromatic carbocycles. The van der Waals surface area contributed by atoms with E-state index in [1.54, 1.807) is 4.68 Å². The van der Waals surface area contributed by atoms with Crippen LogP contribution in [0.25, 0.3) is 0 Å². The molecule has 2 aromatic heterocycles. The zero-order valence-corrected chi connectivity index (χ0v) is 10.6. The van der Waals surface area contributed by atoms with E-state index in [4.69, 9.17) is 17.3 Å². The lowest BCUT2D eigenvalue weighted by Gasteiger charge is -2.04. The van der Waals surface area contributed by atoms with E-state index in [1.165, 1.54) is 0 Å². The maximum Gasteiger partial charge on any atom is 0.0962 e. The number of rotatable bonds is 4. The lowest BCUT2D eigenvalue weighted by Crippen LogP contribution is -2.08. The van der Waals surface area contributed by atoms with Gasteiger partial charge in [0.25, 0.3) is 0 Å². The van der Waals surface area contributed by atoms with Gasteiger partial charge in [0.1, 0.15) is 0 Å². The molecule has 17 heavy (non-hydrogen) atoms. The summed E-state index contributed by atoms with van der Waals surface area (Å²) in [6.45, 7) is 5.64. The van der Waals surface area contributed by atoms with Gasteiger partial charge in [-0.3, -0.25) is 4.68 Å². The van der Waals surface area contributed by atoms with Gasteiger partial charge in [-0.2, -0.15) is 5.10 Å². The molecule has 0 aliphatic heterocycles. The van der Waals surface area contributed by atoms with Gasteiger partial charge in [-0.1, -0.05) is 16.8 Å². The second-order valence-corrected chi connectivity index (χ2v) is 4.15. The first kappa shape index (κ1) is 12.1. The summed E-state index contributed by atoms with van der Waals surface area (Å²) in [7, 11) is 0. The van der Waals surface area contributed by atoms with E-state index < -0.39 is 0 Å². The van der Waals surface area contributed by atoms with Crippen LogP contribution in [0, 0.1) is 6.92 Å². The topological polar surface area (TPSA) is 74.5 Å². The highest BCUT2D eigenvalue weighted by atomic mass is 35.5. The highest BCUT2D eigenvalue weighted by Gasteiger charge is 2.13. The minimum absolute atomic E-state index is 0.389. The van der Waals surface area contributed by atoms with Gasteiger partial charge in [-0.15, -0.1) is 5.10 Å². The van der Waals surface area contributed by atoms with Crippen molar-refractivity contribution in [2.24, 2.45) is 5.73 Å². The average molecular weight is 255 g/mol. The first-order valence-corrected chi connectivity index (χ1v) is 5.84. The third-order valence-electron chi connectivity index (χ3n) is 2.56. The fourth-order valence-electron chi connectivity index (χ4n) is 1.68. The van der Waals surface area contributed by atoms with E-state index in [0.717, 1.165) is 23.6 Å². The standard InChI is InChI=1S/C10H15ClN6/c1-3-17-9(10(11)7(2)14-17)6-16-5-8(4-12)13-15-16/h5H,3-4,6,12H2,1-2H3. The molecular formula is C10H15ClN6. The van der Waals surface area contributed by atoms with Crippen molar-refractivity contribution in [2.45, 2.75) is 33.5 Å². The molecule has 0 saturated carbocycles. The Bertz CT molecular complexity index is 515. The highest BCUT2D eigenvalue weighted by Crippen LogP contribution is 2.20. The lowest BCUT2D eigenvalue weighted by atomic mass is 10.3. The fourth-order valence-corrected chi connectivity index (χ4v) is 1.88. The number of nitrogens with zero attached hydrogens (tertiary/aromatic N) is 5. The van der Waals surface area contributed by atoms with Crippen molar-refractivity contribution < 1.29 is 0 Å². The second-order valence-electron chi connectivity index (χ2n) is 3.77. The molecule has 7 heteroatoms. The number of nitrogens with two attached hydrogens (primary N) is 1. The normalized spacial score (nSPS) is 11.1. The molecule has 0 atom stereocenters. The van der Waals surface area contributed by atoms with Gasteiger partial charge in [0.15, 0.2) is 0 Å². The van der Waals surface area contributed by atoms with Crippen molar-refractivity contribution in [1.82, 2.24) is 24.8 Å². The van der Waals surface area contributed by atoms with E-state index in [1.807, 2.05) is 24.7 Å². The molecule has 0 spiro atoms. The molecule has 0 amide bonds. The van der Waals surface area contributed by atoms with Crippen LogP contribution in [0.2, 0.25) is 5.02 Å². The molecule has 0 radical (unpaired) electrons. The highest BCUT2D eigenvalue weighted by molar-refractivity contribution is 6.31. The van der Waals surface area contributed by atoms with Crippen molar-refractivity contribution in [3.63, 3.8) is 0 Å². The third kappa shape index (κ3) is 2.32. The van der Waals surface area contributed by atoms with Gasteiger partial charge in [-0.05, 0) is 13.8 Å². The first-order chi connectivity index (χ1) is 8.15. The van der Waals surface area contributed by atoms with Gasteiger partial charge < -0.3 is 5.73 Å². The molecule has 2 aromatic rings. The van der Waals surface area contributed by atoms with Gasteiger partial charge in [0, 0.05) is 13.1 Å². The van der Waals surface area contributed by atoms with Crippen LogP contribution in [0.3, 0.4) is 0 Å². The van der Waals surface area contributed by atoms with Crippen LogP contribution in [0.15, 0.2) is 6.20 Å². The first-order valence-electron chi connectivity index (χ1n) is 5.46. The summed E-state index contributed by atoms with van der Waals surface area (Å²) in [6.07, 6.45) is 1.82. The Balaban J connectivity index is 2.28. The summed E-state index contributed by atoms with van der Waals surface area (Å²) in [4.78, 5) is 0. The van der Waals surface area contributed by atoms with E-state index in [0.29, 0.717) is 18.1 Å². The second kappa shape index (κ2) is 4.85. The van der Waals surface area contributed by atoms with Gasteiger partial charge in [0.05, 0.1) is 34.8 Å². The fraction of sp³-hybridized carbons (Fsp3) is 0.500. The summed E-state index contributed by atoms with van der Waals surface area (Å²) in [5.41, 5.74) is 8.03. The average Bonchev–Trinajstić information content (AvgIpc) is 2.89. The summed E-state index contributed by atoms with van der Waals surface area (Å²) in [5.74, 6) is 0. The molecule has 92 valence electrons. The number of hydrogen-bond acceptors (Lipinski definition) is 4. The summed E-state index contributed by atoms with van der Waals surface area (Å²) in [6, 6.07) is 0. The zero-order valence-electron chi connectivity index (χ0n) is 9.89. The van der Waals surface area contributed by atoms with Crippen LogP contribution in [0.5, 0.6) is 0 Å². The molecular weight excluding hydrogens is 240 g/mol. The van der Waals surface area contributed by atoms with Crippen LogP contribution >= 0.6 is 11.6 Å². The molecule has 2 N–H and O–H groups in total. The Kier molecular flexibility index (Phi) is 3.44. The van der Waals surface area contributed by atoms with Gasteiger partial charge in [0.2, 0.25) is 0 Å². The number of halogens is 1. The van der Waals surface area contributed by atoms with Crippen molar-refractivity contribution in [3.05, 3.63) is 28.3 Å². The van der Waals surface area contributed by atoms with Crippen LogP contribution < -0.4 is 5.73 Å². The SMILES string of the molecule is CCn1nc(C)c(Cl)c1Cn1cc(CN)nn1. The molecule has 6 nitrogen and oxygen atoms in total. The lowest BCUT2D eigenvalue weighted by molar-refractivity contribution is 0.565. The number of aryl methyl sites for hydroxylation is 2. The predicted octanol–water partition coefficient (Wildman–Crippen LogP) is 0.963. The predicted molar refractivity (Wildman–Crippen MR) is 64.7 cm³/mol. The molecule has 2 heterocycles. The van der Waals surface area contributed by atoms with E-state index >= 15 is 0 Å². The van der Waals surface area contributed by atoms with Crippen LogP contribution in [-0.4, -0.2) is 24.8 Å². The monoisotopic (exact) mass is 254 g/mol. The Morgan fingerprint density at radius 2 is 2.24 bits per heavy atom. The largest absolute Gasteiger partial charge is 0.325 e. The molecule has 0 saturated heterocycles. The van der Waals surface area contributed by atoms with E-state index in [-0.39, 0.29) is 0 Å². The van der Waals surface area contributed by atoms with Crippen molar-refractivity contribution in [2.75, 3.05) is 0 Å². The van der Waals surface area contributed by atoms with Gasteiger partial charge >= 0.3 is 0 Å². The molecule has 0 bridgehead atoms. The van der Waals surface area contributed by atoms with E-state index in [2.05, 4.69) is 15.4 Å². The summed E-state index contributed by atoms with van der Waals surface area (Å²) in [5, 5.41) is 13.0. The Hall–Kier alpha value is -1.40. The minimum atomic E-state index is 0.389. The smallest absolute Gasteiger partial charge is 0.0962 e. The van der Waals surface area contributed by atoms with E-state index in [9.17, 15) is 0 Å². The Morgan fingerprint density at radius 1 is 1.47 bits per heavy atom. The maximum absolute atomic E-state index is 6.21. The summed E-state index contributed by atoms with van der Waals surface area (Å²) >= 11 is 6.21. The number of hydrogen-bond donors (Lipinski definition) is 1. The minimum Gasteiger partial charge on any atom is -0.325 e. The van der Waals surface area contributed by atoms with Crippen LogP contribution in [0.1, 0.15) is 24.0 Å². The summed E-state index contributed by atoms with van der Waals surface area (Å²) < 4.78 is 3.60. The van der Waals surface area contributed by atoms with Gasteiger partial charge in [-0.25, -0.2) is 4.68 Å². The molecule has 0 aliphatic rings.